The molecule has 0 saturated heterocycles. The van der Waals surface area contributed by atoms with Crippen LogP contribution in [0.3, 0.4) is 0 Å². The van der Waals surface area contributed by atoms with Crippen molar-refractivity contribution >= 4 is 24.2 Å². The van der Waals surface area contributed by atoms with Crippen LogP contribution < -0.4 is 11.1 Å². The molecule has 0 heterocycles. The molecular formula is C18H27ClFN3O2. The maximum atomic E-state index is 13.2. The van der Waals surface area contributed by atoms with E-state index in [0.717, 1.165) is 18.4 Å². The van der Waals surface area contributed by atoms with E-state index in [1.807, 2.05) is 19.9 Å². The summed E-state index contributed by atoms with van der Waals surface area (Å²) in [5.41, 5.74) is 6.63. The number of hydrogen-bond acceptors (Lipinski definition) is 3. The predicted molar refractivity (Wildman–Crippen MR) is 97.9 cm³/mol. The molecule has 0 aliphatic heterocycles. The summed E-state index contributed by atoms with van der Waals surface area (Å²) >= 11 is 0. The number of rotatable bonds is 8. The van der Waals surface area contributed by atoms with Gasteiger partial charge in [-0.25, -0.2) is 4.39 Å². The van der Waals surface area contributed by atoms with Crippen LogP contribution >= 0.6 is 12.4 Å². The van der Waals surface area contributed by atoms with Gasteiger partial charge in [-0.3, -0.25) is 9.59 Å². The highest BCUT2D eigenvalue weighted by Crippen LogP contribution is 2.27. The third-order valence-electron chi connectivity index (χ3n) is 4.27. The van der Waals surface area contributed by atoms with Crippen molar-refractivity contribution in [2.24, 2.45) is 11.7 Å². The van der Waals surface area contributed by atoms with Crippen LogP contribution in [0.1, 0.15) is 32.3 Å². The first kappa shape index (κ1) is 21.4. The summed E-state index contributed by atoms with van der Waals surface area (Å²) in [6, 6.07) is 6.03. The van der Waals surface area contributed by atoms with Gasteiger partial charge in [-0.2, -0.15) is 0 Å². The summed E-state index contributed by atoms with van der Waals surface area (Å²) in [4.78, 5) is 26.1. The van der Waals surface area contributed by atoms with Crippen LogP contribution in [-0.4, -0.2) is 41.9 Å². The number of halogens is 2. The lowest BCUT2D eigenvalue weighted by Gasteiger charge is -2.23. The topological polar surface area (TPSA) is 75.4 Å². The molecule has 1 atom stereocenters. The zero-order chi connectivity index (χ0) is 17.7. The third-order valence-corrected chi connectivity index (χ3v) is 4.27. The first-order chi connectivity index (χ1) is 11.4. The van der Waals surface area contributed by atoms with Crippen LogP contribution in [0.2, 0.25) is 0 Å². The summed E-state index contributed by atoms with van der Waals surface area (Å²) in [7, 11) is 0. The normalized spacial score (nSPS) is 14.6. The average Bonchev–Trinajstić information content (AvgIpc) is 3.36. The van der Waals surface area contributed by atoms with Crippen molar-refractivity contribution in [3.63, 3.8) is 0 Å². The molecule has 1 aromatic carbocycles. The number of nitrogens with zero attached hydrogens (tertiary/aromatic N) is 1. The fourth-order valence-corrected chi connectivity index (χ4v) is 2.52. The molecule has 3 N–H and O–H groups in total. The first-order valence-electron chi connectivity index (χ1n) is 8.45. The van der Waals surface area contributed by atoms with Crippen molar-refractivity contribution in [2.45, 2.75) is 45.2 Å². The molecule has 1 aliphatic rings. The van der Waals surface area contributed by atoms with Gasteiger partial charge in [0, 0.05) is 12.6 Å². The van der Waals surface area contributed by atoms with Gasteiger partial charge in [0.2, 0.25) is 11.8 Å². The van der Waals surface area contributed by atoms with E-state index in [-0.39, 0.29) is 48.5 Å². The summed E-state index contributed by atoms with van der Waals surface area (Å²) in [6.45, 7) is 4.21. The predicted octanol–water partition coefficient (Wildman–Crippen LogP) is 1.88. The monoisotopic (exact) mass is 371 g/mol. The van der Waals surface area contributed by atoms with Gasteiger partial charge in [-0.05, 0) is 42.9 Å². The Balaban J connectivity index is 0.00000312. The number of benzene rings is 1. The van der Waals surface area contributed by atoms with Crippen molar-refractivity contribution in [2.75, 3.05) is 13.1 Å². The van der Waals surface area contributed by atoms with E-state index >= 15 is 0 Å². The minimum Gasteiger partial charge on any atom is -0.346 e. The molecule has 0 radical (unpaired) electrons. The standard InChI is InChI=1S/C18H26FN3O2.ClH/c1-12(2)17(20)18(24)21-11-16(23)22(15-6-7-15)9-8-13-4-3-5-14(19)10-13;/h3-5,10,12,15,17H,6-9,11,20H2,1-2H3,(H,21,24);1H/t17-;/m0./s1. The fourth-order valence-electron chi connectivity index (χ4n) is 2.52. The van der Waals surface area contributed by atoms with Crippen LogP contribution in [0, 0.1) is 11.7 Å². The summed E-state index contributed by atoms with van der Waals surface area (Å²) in [5.74, 6) is -0.670. The van der Waals surface area contributed by atoms with Crippen molar-refractivity contribution in [1.82, 2.24) is 10.2 Å². The molecule has 140 valence electrons. The molecule has 0 spiro atoms. The molecule has 0 unspecified atom stereocenters. The van der Waals surface area contributed by atoms with E-state index in [1.54, 1.807) is 11.0 Å². The largest absolute Gasteiger partial charge is 0.346 e. The molecular weight excluding hydrogens is 345 g/mol. The lowest BCUT2D eigenvalue weighted by atomic mass is 10.1. The van der Waals surface area contributed by atoms with Crippen LogP contribution in [0.4, 0.5) is 4.39 Å². The zero-order valence-electron chi connectivity index (χ0n) is 14.7. The van der Waals surface area contributed by atoms with Gasteiger partial charge >= 0.3 is 0 Å². The molecule has 1 saturated carbocycles. The molecule has 0 bridgehead atoms. The maximum Gasteiger partial charge on any atom is 0.242 e. The number of amides is 2. The fraction of sp³-hybridized carbons (Fsp3) is 0.556. The van der Waals surface area contributed by atoms with Crippen molar-refractivity contribution < 1.29 is 14.0 Å². The smallest absolute Gasteiger partial charge is 0.242 e. The van der Waals surface area contributed by atoms with Crippen LogP contribution in [0.15, 0.2) is 24.3 Å². The van der Waals surface area contributed by atoms with Gasteiger partial charge in [0.15, 0.2) is 0 Å². The second-order valence-corrected chi connectivity index (χ2v) is 6.69. The Hall–Kier alpha value is -1.66. The Morgan fingerprint density at radius 3 is 2.60 bits per heavy atom. The van der Waals surface area contributed by atoms with E-state index in [1.165, 1.54) is 12.1 Å². The number of carbonyl (C=O) groups excluding carboxylic acids is 2. The van der Waals surface area contributed by atoms with E-state index < -0.39 is 6.04 Å². The van der Waals surface area contributed by atoms with Gasteiger partial charge in [-0.1, -0.05) is 26.0 Å². The lowest BCUT2D eigenvalue weighted by Crippen LogP contribution is -2.48. The highest BCUT2D eigenvalue weighted by atomic mass is 35.5. The number of nitrogens with one attached hydrogen (secondary N) is 1. The Morgan fingerprint density at radius 2 is 2.04 bits per heavy atom. The molecule has 25 heavy (non-hydrogen) atoms. The van der Waals surface area contributed by atoms with Crippen molar-refractivity contribution in [1.29, 1.82) is 0 Å². The molecule has 1 aliphatic carbocycles. The van der Waals surface area contributed by atoms with Gasteiger partial charge in [0.05, 0.1) is 12.6 Å². The summed E-state index contributed by atoms with van der Waals surface area (Å²) in [5, 5.41) is 2.62. The molecule has 5 nitrogen and oxygen atoms in total. The number of hydrogen-bond donors (Lipinski definition) is 2. The van der Waals surface area contributed by atoms with E-state index in [9.17, 15) is 14.0 Å². The molecule has 7 heteroatoms. The molecule has 1 aromatic rings. The summed E-state index contributed by atoms with van der Waals surface area (Å²) in [6.07, 6.45) is 2.56. The Morgan fingerprint density at radius 1 is 1.36 bits per heavy atom. The molecule has 2 amide bonds. The van der Waals surface area contributed by atoms with E-state index in [0.29, 0.717) is 13.0 Å². The third kappa shape index (κ3) is 6.63. The second-order valence-electron chi connectivity index (χ2n) is 6.69. The molecule has 2 rings (SSSR count). The lowest BCUT2D eigenvalue weighted by molar-refractivity contribution is -0.133. The minimum absolute atomic E-state index is 0. The van der Waals surface area contributed by atoms with Crippen LogP contribution in [0.5, 0.6) is 0 Å². The van der Waals surface area contributed by atoms with Gasteiger partial charge < -0.3 is 16.0 Å². The van der Waals surface area contributed by atoms with Crippen molar-refractivity contribution in [3.8, 4) is 0 Å². The minimum atomic E-state index is -0.612. The van der Waals surface area contributed by atoms with Crippen LogP contribution in [0.25, 0.3) is 0 Å². The molecule has 1 fully saturated rings. The highest BCUT2D eigenvalue weighted by Gasteiger charge is 2.32. The highest BCUT2D eigenvalue weighted by molar-refractivity contribution is 5.87. The van der Waals surface area contributed by atoms with Gasteiger partial charge in [-0.15, -0.1) is 12.4 Å². The Labute approximate surface area is 154 Å². The molecule has 0 aromatic heterocycles. The number of carbonyl (C=O) groups is 2. The maximum absolute atomic E-state index is 13.2. The first-order valence-corrected chi connectivity index (χ1v) is 8.45. The number of nitrogens with two attached hydrogens (primary N) is 1. The van der Waals surface area contributed by atoms with E-state index in [2.05, 4.69) is 5.32 Å². The average molecular weight is 372 g/mol. The zero-order valence-corrected chi connectivity index (χ0v) is 15.5. The van der Waals surface area contributed by atoms with E-state index in [4.69, 9.17) is 5.73 Å². The van der Waals surface area contributed by atoms with Crippen molar-refractivity contribution in [3.05, 3.63) is 35.6 Å². The van der Waals surface area contributed by atoms with Crippen LogP contribution in [-0.2, 0) is 16.0 Å². The second kappa shape index (κ2) is 9.73. The summed E-state index contributed by atoms with van der Waals surface area (Å²) < 4.78 is 13.2. The quantitative estimate of drug-likeness (QED) is 0.732. The van der Waals surface area contributed by atoms with Gasteiger partial charge in [0.25, 0.3) is 0 Å². The Bertz CT molecular complexity index is 593. The SMILES string of the molecule is CC(C)[C@H](N)C(=O)NCC(=O)N(CCc1cccc(F)c1)C1CC1.Cl. The van der Waals surface area contributed by atoms with Gasteiger partial charge in [0.1, 0.15) is 5.82 Å². The Kier molecular flexibility index (Phi) is 8.32.